The van der Waals surface area contributed by atoms with E-state index >= 15 is 0 Å². The van der Waals surface area contributed by atoms with Crippen LogP contribution in [0.4, 0.5) is 14.5 Å². The highest BCUT2D eigenvalue weighted by Crippen LogP contribution is 2.39. The molecule has 1 unspecified atom stereocenters. The van der Waals surface area contributed by atoms with Crippen molar-refractivity contribution >= 4 is 22.6 Å². The van der Waals surface area contributed by atoms with Gasteiger partial charge in [0.05, 0.1) is 22.8 Å². The quantitative estimate of drug-likeness (QED) is 0.382. The fourth-order valence-electron chi connectivity index (χ4n) is 4.80. The number of aromatic nitrogens is 3. The molecule has 0 radical (unpaired) electrons. The minimum Gasteiger partial charge on any atom is -0.361 e. The van der Waals surface area contributed by atoms with Crippen molar-refractivity contribution in [2.45, 2.75) is 52.6 Å². The first-order chi connectivity index (χ1) is 15.9. The number of aryl methyl sites for hydroxylation is 3. The molecule has 170 valence electrons. The molecule has 3 heterocycles. The van der Waals surface area contributed by atoms with Crippen molar-refractivity contribution in [3.63, 3.8) is 0 Å². The first kappa shape index (κ1) is 21.3. The molecule has 1 amide bonds. The van der Waals surface area contributed by atoms with Gasteiger partial charge in [-0.15, -0.1) is 0 Å². The van der Waals surface area contributed by atoms with E-state index in [4.69, 9.17) is 9.51 Å². The number of fused-ring (bicyclic) bond motifs is 1. The van der Waals surface area contributed by atoms with Gasteiger partial charge in [0.15, 0.2) is 11.6 Å². The highest BCUT2D eigenvalue weighted by molar-refractivity contribution is 5.96. The van der Waals surface area contributed by atoms with E-state index in [0.717, 1.165) is 64.5 Å². The largest absolute Gasteiger partial charge is 0.361 e. The number of rotatable bonds is 5. The maximum atomic E-state index is 14.0. The van der Waals surface area contributed by atoms with E-state index in [9.17, 15) is 13.6 Å². The summed E-state index contributed by atoms with van der Waals surface area (Å²) >= 11 is 0. The van der Waals surface area contributed by atoms with E-state index in [1.54, 1.807) is 4.90 Å². The third kappa shape index (κ3) is 3.50. The Bertz CT molecular complexity index is 1350. The number of carbonyl (C=O) groups excluding carboxylic acids is 1. The molecule has 2 aromatic carbocycles. The number of nitrogens with zero attached hydrogens (tertiary/aromatic N) is 4. The summed E-state index contributed by atoms with van der Waals surface area (Å²) in [5.41, 5.74) is 4.83. The normalized spacial score (nSPS) is 16.3. The summed E-state index contributed by atoms with van der Waals surface area (Å²) in [5.74, 6) is -0.550. The Morgan fingerprint density at radius 3 is 2.64 bits per heavy atom. The first-order valence-corrected chi connectivity index (χ1v) is 11.1. The van der Waals surface area contributed by atoms with Crippen LogP contribution in [-0.4, -0.2) is 20.6 Å². The zero-order chi connectivity index (χ0) is 23.3. The second-order valence-electron chi connectivity index (χ2n) is 8.44. The maximum Gasteiger partial charge on any atom is 0.227 e. The van der Waals surface area contributed by atoms with Gasteiger partial charge in [0.2, 0.25) is 5.91 Å². The number of amides is 1. The Kier molecular flexibility index (Phi) is 5.23. The highest BCUT2D eigenvalue weighted by Gasteiger charge is 2.37. The van der Waals surface area contributed by atoms with Crippen LogP contribution in [0.1, 0.15) is 49.5 Å². The van der Waals surface area contributed by atoms with Crippen molar-refractivity contribution in [3.05, 3.63) is 65.3 Å². The predicted molar refractivity (Wildman–Crippen MR) is 121 cm³/mol. The second kappa shape index (κ2) is 8.10. The summed E-state index contributed by atoms with van der Waals surface area (Å²) in [6.45, 7) is 6.60. The lowest BCUT2D eigenvalue weighted by Gasteiger charge is -2.25. The molecule has 0 spiro atoms. The van der Waals surface area contributed by atoms with Gasteiger partial charge in [-0.1, -0.05) is 18.1 Å². The minimum atomic E-state index is -0.975. The Labute approximate surface area is 189 Å². The van der Waals surface area contributed by atoms with Crippen molar-refractivity contribution in [3.8, 4) is 11.1 Å². The van der Waals surface area contributed by atoms with Crippen molar-refractivity contribution < 1.29 is 18.1 Å². The summed E-state index contributed by atoms with van der Waals surface area (Å²) < 4.78 is 34.9. The van der Waals surface area contributed by atoms with Crippen LogP contribution in [0.2, 0.25) is 0 Å². The Morgan fingerprint density at radius 2 is 1.94 bits per heavy atom. The third-order valence-electron chi connectivity index (χ3n) is 6.24. The van der Waals surface area contributed by atoms with Crippen LogP contribution in [0, 0.1) is 25.5 Å². The molecule has 1 saturated heterocycles. The summed E-state index contributed by atoms with van der Waals surface area (Å²) in [4.78, 5) is 19.3. The second-order valence-corrected chi connectivity index (χ2v) is 8.44. The molecular weight excluding hydrogens is 426 g/mol. The maximum absolute atomic E-state index is 14.0. The molecule has 0 bridgehead atoms. The molecule has 1 aliphatic heterocycles. The number of hydrogen-bond acceptors (Lipinski definition) is 4. The van der Waals surface area contributed by atoms with Crippen molar-refractivity contribution in [1.29, 1.82) is 0 Å². The zero-order valence-corrected chi connectivity index (χ0v) is 18.7. The van der Waals surface area contributed by atoms with E-state index in [2.05, 4.69) is 16.6 Å². The Morgan fingerprint density at radius 1 is 1.12 bits per heavy atom. The summed E-state index contributed by atoms with van der Waals surface area (Å²) in [6.07, 6.45) is 1.76. The molecule has 0 saturated carbocycles. The van der Waals surface area contributed by atoms with E-state index in [1.807, 2.05) is 32.0 Å². The standard InChI is InChI=1S/C25H24F2N4O2/c1-4-11-30-21-8-5-16(24-14(2)29-33-15(24)3)12-20(21)28-25(30)22-9-10-23(32)31(22)17-6-7-18(26)19(27)13-17/h5-8,12-13,22H,4,9-11H2,1-3H3. The molecule has 1 fully saturated rings. The van der Waals surface area contributed by atoms with Crippen LogP contribution in [-0.2, 0) is 11.3 Å². The fraction of sp³-hybridized carbons (Fsp3) is 0.320. The van der Waals surface area contributed by atoms with Gasteiger partial charge in [0, 0.05) is 30.3 Å². The zero-order valence-electron chi connectivity index (χ0n) is 18.7. The third-order valence-corrected chi connectivity index (χ3v) is 6.24. The Hall–Kier alpha value is -3.55. The minimum absolute atomic E-state index is 0.127. The molecule has 33 heavy (non-hydrogen) atoms. The monoisotopic (exact) mass is 450 g/mol. The predicted octanol–water partition coefficient (Wildman–Crippen LogP) is 5.86. The molecule has 2 aromatic heterocycles. The van der Waals surface area contributed by atoms with E-state index in [0.29, 0.717) is 18.5 Å². The van der Waals surface area contributed by atoms with Crippen LogP contribution >= 0.6 is 0 Å². The number of carbonyl (C=O) groups is 1. The van der Waals surface area contributed by atoms with E-state index in [-0.39, 0.29) is 11.9 Å². The average molecular weight is 450 g/mol. The molecule has 6 nitrogen and oxygen atoms in total. The van der Waals surface area contributed by atoms with Crippen molar-refractivity contribution in [2.75, 3.05) is 4.90 Å². The molecule has 4 aromatic rings. The van der Waals surface area contributed by atoms with Crippen LogP contribution in [0.3, 0.4) is 0 Å². The topological polar surface area (TPSA) is 64.2 Å². The van der Waals surface area contributed by atoms with Crippen LogP contribution in [0.5, 0.6) is 0 Å². The van der Waals surface area contributed by atoms with Gasteiger partial charge in [-0.05, 0) is 56.5 Å². The number of benzene rings is 2. The van der Waals surface area contributed by atoms with Gasteiger partial charge >= 0.3 is 0 Å². The highest BCUT2D eigenvalue weighted by atomic mass is 19.2. The van der Waals surface area contributed by atoms with Gasteiger partial charge in [-0.3, -0.25) is 4.79 Å². The first-order valence-electron chi connectivity index (χ1n) is 11.1. The van der Waals surface area contributed by atoms with Crippen LogP contribution in [0.15, 0.2) is 40.9 Å². The SMILES string of the molecule is CCCn1c(C2CCC(=O)N2c2ccc(F)c(F)c2)nc2cc(-c3c(C)noc3C)ccc21. The molecule has 1 aliphatic rings. The number of hydrogen-bond donors (Lipinski definition) is 0. The summed E-state index contributed by atoms with van der Waals surface area (Å²) in [5, 5.41) is 4.05. The van der Waals surface area contributed by atoms with Gasteiger partial charge in [-0.2, -0.15) is 0 Å². The van der Waals surface area contributed by atoms with Gasteiger partial charge in [-0.25, -0.2) is 13.8 Å². The number of halogens is 2. The van der Waals surface area contributed by atoms with E-state index in [1.165, 1.54) is 6.07 Å². The Balaban J connectivity index is 1.63. The lowest BCUT2D eigenvalue weighted by Crippen LogP contribution is -2.29. The number of imidazole rings is 1. The smallest absolute Gasteiger partial charge is 0.227 e. The fourth-order valence-corrected chi connectivity index (χ4v) is 4.80. The molecule has 8 heteroatoms. The molecule has 0 N–H and O–H groups in total. The van der Waals surface area contributed by atoms with Crippen molar-refractivity contribution in [2.24, 2.45) is 0 Å². The summed E-state index contributed by atoms with van der Waals surface area (Å²) in [6, 6.07) is 9.28. The lowest BCUT2D eigenvalue weighted by molar-refractivity contribution is -0.117. The lowest BCUT2D eigenvalue weighted by atomic mass is 10.0. The number of anilines is 1. The van der Waals surface area contributed by atoms with E-state index < -0.39 is 11.6 Å². The van der Waals surface area contributed by atoms with Crippen LogP contribution in [0.25, 0.3) is 22.2 Å². The molecule has 1 atom stereocenters. The molecule has 0 aliphatic carbocycles. The average Bonchev–Trinajstić information content (AvgIpc) is 3.45. The summed E-state index contributed by atoms with van der Waals surface area (Å²) in [7, 11) is 0. The van der Waals surface area contributed by atoms with Gasteiger partial charge in [0.25, 0.3) is 0 Å². The van der Waals surface area contributed by atoms with Gasteiger partial charge in [0.1, 0.15) is 11.6 Å². The molecule has 5 rings (SSSR count). The molecular formula is C25H24F2N4O2. The van der Waals surface area contributed by atoms with Crippen molar-refractivity contribution in [1.82, 2.24) is 14.7 Å². The van der Waals surface area contributed by atoms with Gasteiger partial charge < -0.3 is 14.0 Å². The van der Waals surface area contributed by atoms with Crippen LogP contribution < -0.4 is 4.90 Å².